The maximum absolute atomic E-state index is 12.7. The van der Waals surface area contributed by atoms with Crippen molar-refractivity contribution in [2.24, 2.45) is 0 Å². The van der Waals surface area contributed by atoms with Crippen molar-refractivity contribution in [3.05, 3.63) is 52.3 Å². The minimum Gasteiger partial charge on any atom is -0.493 e. The second-order valence-electron chi connectivity index (χ2n) is 3.48. The van der Waals surface area contributed by atoms with E-state index in [1.54, 1.807) is 12.1 Å². The fourth-order valence-corrected chi connectivity index (χ4v) is 1.79. The van der Waals surface area contributed by atoms with Gasteiger partial charge >= 0.3 is 0 Å². The summed E-state index contributed by atoms with van der Waals surface area (Å²) in [5, 5.41) is 0.596. The Morgan fingerprint density at radius 1 is 1.06 bits per heavy atom. The summed E-state index contributed by atoms with van der Waals surface area (Å²) >= 11 is 11.5. The monoisotopic (exact) mass is 286 g/mol. The zero-order chi connectivity index (χ0) is 13.0. The molecule has 0 fully saturated rings. The lowest BCUT2D eigenvalue weighted by molar-refractivity contribution is 0.318. The molecule has 1 heterocycles. The number of benzene rings is 1. The highest BCUT2D eigenvalue weighted by atomic mass is 35.5. The molecule has 0 bridgehead atoms. The van der Waals surface area contributed by atoms with Gasteiger partial charge in [-0.25, -0.2) is 14.4 Å². The predicted molar refractivity (Wildman–Crippen MR) is 67.7 cm³/mol. The van der Waals surface area contributed by atoms with Crippen LogP contribution >= 0.6 is 23.2 Å². The average molecular weight is 287 g/mol. The third-order valence-electron chi connectivity index (χ3n) is 2.12. The van der Waals surface area contributed by atoms with E-state index in [0.29, 0.717) is 34.9 Å². The molecule has 0 saturated carbocycles. The quantitative estimate of drug-likeness (QED) is 0.807. The van der Waals surface area contributed by atoms with Crippen molar-refractivity contribution in [1.82, 2.24) is 9.97 Å². The topological polar surface area (TPSA) is 35.0 Å². The van der Waals surface area contributed by atoms with Gasteiger partial charge in [-0.05, 0) is 24.3 Å². The number of hydrogen-bond acceptors (Lipinski definition) is 3. The lowest BCUT2D eigenvalue weighted by Crippen LogP contribution is -2.05. The molecule has 0 aliphatic carbocycles. The molecular formula is C12H9Cl2FN2O. The molecule has 0 amide bonds. The number of rotatable bonds is 4. The molecule has 3 nitrogen and oxygen atoms in total. The summed E-state index contributed by atoms with van der Waals surface area (Å²) in [6.07, 6.45) is 0.470. The second-order valence-corrected chi connectivity index (χ2v) is 4.26. The molecule has 2 rings (SSSR count). The smallest absolute Gasteiger partial charge is 0.135 e. The Bertz CT molecular complexity index is 514. The fraction of sp³-hybridized carbons (Fsp3) is 0.167. The standard InChI is InChI=1S/C12H9Cl2FN2O/c13-10-7-11(14)17-12(16-10)5-6-18-9-3-1-8(15)2-4-9/h1-4,7H,5-6H2. The van der Waals surface area contributed by atoms with E-state index in [9.17, 15) is 4.39 Å². The molecular weight excluding hydrogens is 278 g/mol. The molecule has 18 heavy (non-hydrogen) atoms. The van der Waals surface area contributed by atoms with Gasteiger partial charge in [0.1, 0.15) is 27.7 Å². The van der Waals surface area contributed by atoms with Crippen LogP contribution in [0.25, 0.3) is 0 Å². The first-order valence-corrected chi connectivity index (χ1v) is 5.96. The minimum absolute atomic E-state index is 0.298. The van der Waals surface area contributed by atoms with E-state index in [1.807, 2.05) is 0 Å². The van der Waals surface area contributed by atoms with Gasteiger partial charge in [-0.2, -0.15) is 0 Å². The van der Waals surface area contributed by atoms with Crippen molar-refractivity contribution < 1.29 is 9.13 Å². The van der Waals surface area contributed by atoms with Gasteiger partial charge in [0.2, 0.25) is 0 Å². The van der Waals surface area contributed by atoms with E-state index in [0.717, 1.165) is 0 Å². The Labute approximate surface area is 114 Å². The van der Waals surface area contributed by atoms with Crippen LogP contribution in [0.2, 0.25) is 10.3 Å². The molecule has 6 heteroatoms. The van der Waals surface area contributed by atoms with Crippen molar-refractivity contribution >= 4 is 23.2 Å². The normalized spacial score (nSPS) is 10.4. The number of halogens is 3. The molecule has 1 aromatic heterocycles. The molecule has 0 N–H and O–H groups in total. The predicted octanol–water partition coefficient (Wildman–Crippen LogP) is 3.54. The average Bonchev–Trinajstić information content (AvgIpc) is 2.30. The van der Waals surface area contributed by atoms with Crippen molar-refractivity contribution in [3.8, 4) is 5.75 Å². The Morgan fingerprint density at radius 3 is 2.28 bits per heavy atom. The van der Waals surface area contributed by atoms with Crippen LogP contribution < -0.4 is 4.74 Å². The van der Waals surface area contributed by atoms with Gasteiger partial charge in [-0.3, -0.25) is 0 Å². The van der Waals surface area contributed by atoms with Crippen LogP contribution in [0.15, 0.2) is 30.3 Å². The summed E-state index contributed by atoms with van der Waals surface area (Å²) in [6, 6.07) is 7.25. The molecule has 0 atom stereocenters. The lowest BCUT2D eigenvalue weighted by atomic mass is 10.3. The molecule has 0 radical (unpaired) electrons. The first-order chi connectivity index (χ1) is 8.63. The van der Waals surface area contributed by atoms with Crippen LogP contribution in [0, 0.1) is 5.82 Å². The minimum atomic E-state index is -0.299. The maximum atomic E-state index is 12.7. The number of aromatic nitrogens is 2. The second kappa shape index (κ2) is 5.98. The number of nitrogens with zero attached hydrogens (tertiary/aromatic N) is 2. The Balaban J connectivity index is 1.90. The molecule has 1 aromatic carbocycles. The van der Waals surface area contributed by atoms with E-state index in [1.165, 1.54) is 18.2 Å². The zero-order valence-electron chi connectivity index (χ0n) is 9.24. The van der Waals surface area contributed by atoms with E-state index < -0.39 is 0 Å². The van der Waals surface area contributed by atoms with Crippen molar-refractivity contribution in [2.75, 3.05) is 6.61 Å². The molecule has 0 aliphatic heterocycles. The molecule has 0 spiro atoms. The van der Waals surface area contributed by atoms with Gasteiger partial charge in [0.25, 0.3) is 0 Å². The summed E-state index contributed by atoms with van der Waals surface area (Å²) in [7, 11) is 0. The van der Waals surface area contributed by atoms with E-state index in [2.05, 4.69) is 9.97 Å². The van der Waals surface area contributed by atoms with Crippen LogP contribution in [0.3, 0.4) is 0 Å². The molecule has 2 aromatic rings. The van der Waals surface area contributed by atoms with Gasteiger partial charge in [-0.15, -0.1) is 0 Å². The lowest BCUT2D eigenvalue weighted by Gasteiger charge is -2.05. The zero-order valence-corrected chi connectivity index (χ0v) is 10.7. The highest BCUT2D eigenvalue weighted by Crippen LogP contribution is 2.13. The van der Waals surface area contributed by atoms with E-state index in [-0.39, 0.29) is 5.82 Å². The summed E-state index contributed by atoms with van der Waals surface area (Å²) in [5.74, 6) is 0.798. The van der Waals surface area contributed by atoms with Crippen LogP contribution in [-0.4, -0.2) is 16.6 Å². The first-order valence-electron chi connectivity index (χ1n) is 5.21. The Hall–Kier alpha value is -1.39. The van der Waals surface area contributed by atoms with Crippen molar-refractivity contribution in [1.29, 1.82) is 0 Å². The summed E-state index contributed by atoms with van der Waals surface area (Å²) < 4.78 is 18.1. The maximum Gasteiger partial charge on any atom is 0.135 e. The largest absolute Gasteiger partial charge is 0.493 e. The highest BCUT2D eigenvalue weighted by molar-refractivity contribution is 6.33. The van der Waals surface area contributed by atoms with Crippen LogP contribution in [-0.2, 0) is 6.42 Å². The van der Waals surface area contributed by atoms with Crippen molar-refractivity contribution in [2.45, 2.75) is 6.42 Å². The molecule has 94 valence electrons. The van der Waals surface area contributed by atoms with Crippen LogP contribution in [0.4, 0.5) is 4.39 Å². The third-order valence-corrected chi connectivity index (χ3v) is 2.51. The van der Waals surface area contributed by atoms with E-state index >= 15 is 0 Å². The summed E-state index contributed by atoms with van der Waals surface area (Å²) in [4.78, 5) is 8.02. The van der Waals surface area contributed by atoms with Crippen LogP contribution in [0.1, 0.15) is 5.82 Å². The van der Waals surface area contributed by atoms with Gasteiger partial charge in [0.15, 0.2) is 0 Å². The number of ether oxygens (including phenoxy) is 1. The van der Waals surface area contributed by atoms with Gasteiger partial charge in [0, 0.05) is 12.5 Å². The molecule has 0 saturated heterocycles. The van der Waals surface area contributed by atoms with Crippen LogP contribution in [0.5, 0.6) is 5.75 Å². The SMILES string of the molecule is Fc1ccc(OCCc2nc(Cl)cc(Cl)n2)cc1. The van der Waals surface area contributed by atoms with Gasteiger partial charge < -0.3 is 4.74 Å². The molecule has 0 unspecified atom stereocenters. The van der Waals surface area contributed by atoms with Gasteiger partial charge in [-0.1, -0.05) is 23.2 Å². The van der Waals surface area contributed by atoms with E-state index in [4.69, 9.17) is 27.9 Å². The first kappa shape index (κ1) is 13.1. The summed E-state index contributed by atoms with van der Waals surface area (Å²) in [6.45, 7) is 0.363. The summed E-state index contributed by atoms with van der Waals surface area (Å²) in [5.41, 5.74) is 0. The van der Waals surface area contributed by atoms with Gasteiger partial charge in [0.05, 0.1) is 6.61 Å². The third kappa shape index (κ3) is 3.82. The Morgan fingerprint density at radius 2 is 1.67 bits per heavy atom. The number of hydrogen-bond donors (Lipinski definition) is 0. The fourth-order valence-electron chi connectivity index (χ4n) is 1.34. The van der Waals surface area contributed by atoms with Crippen molar-refractivity contribution in [3.63, 3.8) is 0 Å². The molecule has 0 aliphatic rings. The highest BCUT2D eigenvalue weighted by Gasteiger charge is 2.02. The Kier molecular flexibility index (Phi) is 4.33.